The Kier molecular flexibility index (Phi) is 6.35. The maximum absolute atomic E-state index is 14.2. The number of nitrogens with zero attached hydrogens (tertiary/aromatic N) is 1. The summed E-state index contributed by atoms with van der Waals surface area (Å²) >= 11 is 3.46. The number of carbonyl (C=O) groups excluding carboxylic acids is 1. The zero-order valence-electron chi connectivity index (χ0n) is 19.9. The minimum Gasteiger partial charge on any atom is -0.401 e. The number of hydrogen-bond acceptors (Lipinski definition) is 3. The van der Waals surface area contributed by atoms with E-state index >= 15 is 0 Å². The van der Waals surface area contributed by atoms with E-state index in [-0.39, 0.29) is 5.78 Å². The number of Topliss-reactive ketones (excluding diaryl/α,β-unsaturated/α-hetero) is 1. The maximum Gasteiger partial charge on any atom is 0.172 e. The molecule has 0 saturated carbocycles. The molecule has 0 saturated heterocycles. The Bertz CT molecular complexity index is 1430. The minimum atomic E-state index is -0.924. The van der Waals surface area contributed by atoms with E-state index in [4.69, 9.17) is 5.73 Å². The lowest BCUT2D eigenvalue weighted by Crippen LogP contribution is -2.37. The largest absolute Gasteiger partial charge is 0.401 e. The zero-order valence-corrected chi connectivity index (χ0v) is 21.4. The molecule has 0 radical (unpaired) electrons. The Labute approximate surface area is 220 Å². The van der Waals surface area contributed by atoms with Crippen LogP contribution in [0.4, 0.5) is 0 Å². The first kappa shape index (κ1) is 23.8. The Morgan fingerprint density at radius 1 is 0.833 bits per heavy atom. The van der Waals surface area contributed by atoms with Crippen LogP contribution >= 0.6 is 15.9 Å². The van der Waals surface area contributed by atoms with Gasteiger partial charge in [0.15, 0.2) is 5.78 Å². The number of halogens is 1. The van der Waals surface area contributed by atoms with Crippen LogP contribution < -0.4 is 5.73 Å². The van der Waals surface area contributed by atoms with Crippen LogP contribution in [0.5, 0.6) is 0 Å². The molecule has 3 nitrogen and oxygen atoms in total. The van der Waals surface area contributed by atoms with Crippen molar-refractivity contribution in [1.29, 1.82) is 5.26 Å². The third-order valence-corrected chi connectivity index (χ3v) is 7.76. The fourth-order valence-electron chi connectivity index (χ4n) is 5.64. The second-order valence-corrected chi connectivity index (χ2v) is 10.1. The summed E-state index contributed by atoms with van der Waals surface area (Å²) in [6.45, 7) is 2.04. The molecular formula is C32H25BrN2O. The van der Waals surface area contributed by atoms with Gasteiger partial charge in [0, 0.05) is 21.7 Å². The van der Waals surface area contributed by atoms with Gasteiger partial charge in [-0.25, -0.2) is 0 Å². The Morgan fingerprint density at radius 2 is 1.36 bits per heavy atom. The average molecular weight is 533 g/mol. The molecule has 4 aromatic rings. The third kappa shape index (κ3) is 3.77. The highest BCUT2D eigenvalue weighted by molar-refractivity contribution is 9.10. The van der Waals surface area contributed by atoms with Crippen LogP contribution in [-0.4, -0.2) is 5.78 Å². The second-order valence-electron chi connectivity index (χ2n) is 9.22. The molecule has 4 heteroatoms. The molecule has 2 unspecified atom stereocenters. The number of nitriles is 1. The average Bonchev–Trinajstić information content (AvgIpc) is 3.19. The van der Waals surface area contributed by atoms with Crippen LogP contribution in [0, 0.1) is 24.2 Å². The normalized spacial score (nSPS) is 18.6. The minimum absolute atomic E-state index is 0.0907. The zero-order chi connectivity index (χ0) is 25.3. The highest BCUT2D eigenvalue weighted by atomic mass is 79.9. The van der Waals surface area contributed by atoms with E-state index in [1.54, 1.807) is 0 Å². The maximum atomic E-state index is 14.2. The smallest absolute Gasteiger partial charge is 0.172 e. The van der Waals surface area contributed by atoms with Gasteiger partial charge < -0.3 is 5.73 Å². The standard InChI is InChI=1S/C32H25BrN2O/c1-21-12-14-22(15-13-21)29-28(31(36)23-16-18-26(33)19-17-23)30(35)27(20-34)32(29,24-8-4-2-5-9-24)25-10-6-3-7-11-25/h2-19,28-29H,35H2,1H3. The lowest BCUT2D eigenvalue weighted by Gasteiger charge is -2.39. The van der Waals surface area contributed by atoms with Gasteiger partial charge in [0.2, 0.25) is 0 Å². The molecule has 0 heterocycles. The first-order valence-corrected chi connectivity index (χ1v) is 12.7. The van der Waals surface area contributed by atoms with Crippen LogP contribution in [-0.2, 0) is 5.41 Å². The van der Waals surface area contributed by atoms with Gasteiger partial charge >= 0.3 is 0 Å². The van der Waals surface area contributed by atoms with Crippen molar-refractivity contribution in [3.05, 3.63) is 153 Å². The van der Waals surface area contributed by atoms with Crippen molar-refractivity contribution in [3.63, 3.8) is 0 Å². The lowest BCUT2D eigenvalue weighted by atomic mass is 9.60. The predicted molar refractivity (Wildman–Crippen MR) is 146 cm³/mol. The quantitative estimate of drug-likeness (QED) is 0.279. The van der Waals surface area contributed by atoms with Gasteiger partial charge in [0.05, 0.1) is 23.0 Å². The molecule has 0 amide bonds. The lowest BCUT2D eigenvalue weighted by molar-refractivity contribution is 0.0919. The summed E-state index contributed by atoms with van der Waals surface area (Å²) in [6.07, 6.45) is 0. The van der Waals surface area contributed by atoms with Crippen molar-refractivity contribution in [1.82, 2.24) is 0 Å². The van der Waals surface area contributed by atoms with Gasteiger partial charge in [-0.1, -0.05) is 119 Å². The number of hydrogen-bond donors (Lipinski definition) is 1. The molecule has 2 atom stereocenters. The Balaban J connectivity index is 1.86. The highest BCUT2D eigenvalue weighted by Gasteiger charge is 2.58. The summed E-state index contributed by atoms with van der Waals surface area (Å²) in [5.41, 5.74) is 11.2. The SMILES string of the molecule is Cc1ccc(C2C(C(=O)c3ccc(Br)cc3)C(N)=C(C#N)C2(c2ccccc2)c2ccccc2)cc1. The Hall–Kier alpha value is -3.94. The van der Waals surface area contributed by atoms with Crippen molar-refractivity contribution in [2.45, 2.75) is 18.3 Å². The first-order chi connectivity index (χ1) is 17.5. The summed E-state index contributed by atoms with van der Waals surface area (Å²) in [6, 6.07) is 38.0. The van der Waals surface area contributed by atoms with Gasteiger partial charge in [-0.2, -0.15) is 5.26 Å². The summed E-state index contributed by atoms with van der Waals surface area (Å²) in [5, 5.41) is 10.6. The van der Waals surface area contributed by atoms with Gasteiger partial charge in [-0.15, -0.1) is 0 Å². The molecule has 36 heavy (non-hydrogen) atoms. The van der Waals surface area contributed by atoms with E-state index in [9.17, 15) is 10.1 Å². The summed E-state index contributed by atoms with van der Waals surface area (Å²) < 4.78 is 0.893. The molecule has 5 rings (SSSR count). The van der Waals surface area contributed by atoms with Gasteiger partial charge in [0.25, 0.3) is 0 Å². The molecule has 4 aromatic carbocycles. The predicted octanol–water partition coefficient (Wildman–Crippen LogP) is 7.08. The van der Waals surface area contributed by atoms with Crippen LogP contribution in [0.3, 0.4) is 0 Å². The van der Waals surface area contributed by atoms with Crippen molar-refractivity contribution in [3.8, 4) is 6.07 Å². The number of rotatable bonds is 5. The number of ketones is 1. The van der Waals surface area contributed by atoms with E-state index < -0.39 is 17.3 Å². The molecular weight excluding hydrogens is 508 g/mol. The van der Waals surface area contributed by atoms with E-state index in [1.807, 2.05) is 91.9 Å². The number of benzene rings is 4. The van der Waals surface area contributed by atoms with E-state index in [2.05, 4.69) is 46.3 Å². The molecule has 1 aliphatic rings. The fraction of sp³-hybridized carbons (Fsp3) is 0.125. The van der Waals surface area contributed by atoms with Crippen molar-refractivity contribution < 1.29 is 4.79 Å². The van der Waals surface area contributed by atoms with Crippen molar-refractivity contribution >= 4 is 21.7 Å². The number of allylic oxidation sites excluding steroid dienone is 2. The van der Waals surface area contributed by atoms with Crippen molar-refractivity contribution in [2.75, 3.05) is 0 Å². The van der Waals surface area contributed by atoms with E-state index in [0.29, 0.717) is 16.8 Å². The summed E-state index contributed by atoms with van der Waals surface area (Å²) in [5.74, 6) is -1.20. The monoisotopic (exact) mass is 532 g/mol. The molecule has 0 bridgehead atoms. The second kappa shape index (κ2) is 9.60. The molecule has 0 fully saturated rings. The molecule has 176 valence electrons. The highest BCUT2D eigenvalue weighted by Crippen LogP contribution is 2.59. The van der Waals surface area contributed by atoms with Crippen LogP contribution in [0.15, 0.2) is 125 Å². The van der Waals surface area contributed by atoms with E-state index in [1.165, 1.54) is 0 Å². The third-order valence-electron chi connectivity index (χ3n) is 7.24. The molecule has 1 aliphatic carbocycles. The van der Waals surface area contributed by atoms with Crippen LogP contribution in [0.1, 0.15) is 38.5 Å². The molecule has 0 spiro atoms. The topological polar surface area (TPSA) is 66.9 Å². The number of carbonyl (C=O) groups is 1. The van der Waals surface area contributed by atoms with Crippen LogP contribution in [0.2, 0.25) is 0 Å². The summed E-state index contributed by atoms with van der Waals surface area (Å²) in [7, 11) is 0. The molecule has 0 aliphatic heterocycles. The fourth-order valence-corrected chi connectivity index (χ4v) is 5.90. The molecule has 0 aromatic heterocycles. The van der Waals surface area contributed by atoms with Gasteiger partial charge in [-0.3, -0.25) is 4.79 Å². The van der Waals surface area contributed by atoms with Crippen LogP contribution in [0.25, 0.3) is 0 Å². The van der Waals surface area contributed by atoms with Crippen molar-refractivity contribution in [2.24, 2.45) is 11.7 Å². The number of aryl methyl sites for hydroxylation is 1. The Morgan fingerprint density at radius 3 is 1.86 bits per heavy atom. The van der Waals surface area contributed by atoms with Gasteiger partial charge in [0.1, 0.15) is 0 Å². The van der Waals surface area contributed by atoms with E-state index in [0.717, 1.165) is 26.7 Å². The molecule has 2 N–H and O–H groups in total. The number of nitrogens with two attached hydrogens (primary N) is 1. The first-order valence-electron chi connectivity index (χ1n) is 11.9. The van der Waals surface area contributed by atoms with Gasteiger partial charge in [-0.05, 0) is 35.7 Å². The summed E-state index contributed by atoms with van der Waals surface area (Å²) in [4.78, 5) is 14.2.